The Morgan fingerprint density at radius 2 is 1.65 bits per heavy atom. The van der Waals surface area contributed by atoms with Crippen LogP contribution in [0.5, 0.6) is 0 Å². The van der Waals surface area contributed by atoms with Crippen molar-refractivity contribution in [2.75, 3.05) is 11.6 Å². The number of carbonyl (C=O) groups excluding carboxylic acids is 3. The smallest absolute Gasteiger partial charge is 0.295 e. The molecule has 0 radical (unpaired) electrons. The number of benzene rings is 1. The van der Waals surface area contributed by atoms with Crippen LogP contribution in [0.3, 0.4) is 0 Å². The van der Waals surface area contributed by atoms with Crippen molar-refractivity contribution in [1.29, 1.82) is 0 Å². The van der Waals surface area contributed by atoms with Crippen LogP contribution in [-0.4, -0.2) is 29.3 Å². The molecule has 4 rings (SSSR count). The van der Waals surface area contributed by atoms with Gasteiger partial charge in [0.15, 0.2) is 5.76 Å². The predicted molar refractivity (Wildman–Crippen MR) is 94.0 cm³/mol. The molecule has 0 saturated carbocycles. The third-order valence-electron chi connectivity index (χ3n) is 4.93. The van der Waals surface area contributed by atoms with E-state index in [0.29, 0.717) is 18.5 Å². The van der Waals surface area contributed by atoms with Crippen LogP contribution >= 0.6 is 0 Å². The van der Waals surface area contributed by atoms with Crippen LogP contribution in [0, 0.1) is 11.8 Å². The highest BCUT2D eigenvalue weighted by atomic mass is 16.3. The Hall–Kier alpha value is -3.15. The number of allylic oxidation sites excluding steroid dienone is 2. The second-order valence-electron chi connectivity index (χ2n) is 6.45. The lowest BCUT2D eigenvalue weighted by atomic mass is 9.85. The normalized spacial score (nSPS) is 21.8. The molecule has 2 heterocycles. The van der Waals surface area contributed by atoms with E-state index in [-0.39, 0.29) is 36.1 Å². The van der Waals surface area contributed by atoms with Crippen molar-refractivity contribution in [3.05, 3.63) is 66.6 Å². The molecule has 1 aromatic heterocycles. The molecule has 0 N–H and O–H groups in total. The van der Waals surface area contributed by atoms with E-state index >= 15 is 0 Å². The molecule has 3 amide bonds. The quantitative estimate of drug-likeness (QED) is 0.628. The van der Waals surface area contributed by atoms with E-state index < -0.39 is 5.91 Å². The summed E-state index contributed by atoms with van der Waals surface area (Å²) in [5, 5.41) is 0. The molecule has 1 saturated heterocycles. The first-order valence-corrected chi connectivity index (χ1v) is 8.57. The first-order chi connectivity index (χ1) is 12.7. The van der Waals surface area contributed by atoms with Crippen molar-refractivity contribution in [2.24, 2.45) is 11.8 Å². The minimum absolute atomic E-state index is 0.117. The average Bonchev–Trinajstić information content (AvgIpc) is 3.30. The molecular weight excluding hydrogens is 332 g/mol. The lowest BCUT2D eigenvalue weighted by Gasteiger charge is -2.26. The van der Waals surface area contributed by atoms with E-state index in [1.807, 2.05) is 18.2 Å². The summed E-state index contributed by atoms with van der Waals surface area (Å²) in [4.78, 5) is 41.0. The Labute approximate surface area is 150 Å². The fourth-order valence-corrected chi connectivity index (χ4v) is 3.55. The van der Waals surface area contributed by atoms with Gasteiger partial charge in [0.2, 0.25) is 11.8 Å². The van der Waals surface area contributed by atoms with Crippen LogP contribution in [0.4, 0.5) is 5.69 Å². The molecule has 2 atom stereocenters. The Morgan fingerprint density at radius 1 is 1.00 bits per heavy atom. The summed E-state index contributed by atoms with van der Waals surface area (Å²) in [7, 11) is 0. The molecule has 6 heteroatoms. The molecule has 26 heavy (non-hydrogen) atoms. The zero-order chi connectivity index (χ0) is 18.1. The predicted octanol–water partition coefficient (Wildman–Crippen LogP) is 2.84. The molecule has 1 fully saturated rings. The molecule has 132 valence electrons. The Morgan fingerprint density at radius 3 is 2.23 bits per heavy atom. The van der Waals surface area contributed by atoms with E-state index in [4.69, 9.17) is 4.42 Å². The number of fused-ring (bicyclic) bond motifs is 1. The zero-order valence-corrected chi connectivity index (χ0v) is 14.1. The standard InChI is InChI=1S/C20H18N2O4/c23-18-15-9-4-5-10-16(15)19(24)22(18)13-21(14-7-2-1-3-8-14)20(25)17-11-6-12-26-17/h1-8,11-12,15-16H,9-10,13H2/t15-,16-/m0/s1. The average molecular weight is 350 g/mol. The number of hydrogen-bond acceptors (Lipinski definition) is 4. The molecule has 0 bridgehead atoms. The van der Waals surface area contributed by atoms with Gasteiger partial charge in [0.05, 0.1) is 18.1 Å². The van der Waals surface area contributed by atoms with Crippen molar-refractivity contribution in [2.45, 2.75) is 12.8 Å². The number of para-hydroxylation sites is 1. The van der Waals surface area contributed by atoms with Crippen molar-refractivity contribution in [1.82, 2.24) is 4.90 Å². The van der Waals surface area contributed by atoms with Crippen LogP contribution in [0.2, 0.25) is 0 Å². The molecule has 0 unspecified atom stereocenters. The number of likely N-dealkylation sites (tertiary alicyclic amines) is 1. The number of furan rings is 1. The van der Waals surface area contributed by atoms with Gasteiger partial charge in [0.1, 0.15) is 6.67 Å². The molecule has 0 spiro atoms. The van der Waals surface area contributed by atoms with E-state index in [9.17, 15) is 14.4 Å². The Balaban J connectivity index is 1.64. The van der Waals surface area contributed by atoms with Gasteiger partial charge in [-0.2, -0.15) is 0 Å². The number of anilines is 1. The highest BCUT2D eigenvalue weighted by Gasteiger charge is 2.48. The summed E-state index contributed by atoms with van der Waals surface area (Å²) >= 11 is 0. The first-order valence-electron chi connectivity index (χ1n) is 8.57. The van der Waals surface area contributed by atoms with E-state index in [0.717, 1.165) is 0 Å². The van der Waals surface area contributed by atoms with Gasteiger partial charge in [0.25, 0.3) is 5.91 Å². The monoisotopic (exact) mass is 350 g/mol. The first kappa shape index (κ1) is 16.3. The summed E-state index contributed by atoms with van der Waals surface area (Å²) in [6.45, 7) is -0.117. The van der Waals surface area contributed by atoms with Crippen molar-refractivity contribution >= 4 is 23.4 Å². The fraction of sp³-hybridized carbons (Fsp3) is 0.250. The zero-order valence-electron chi connectivity index (χ0n) is 14.1. The number of rotatable bonds is 4. The molecule has 1 aromatic carbocycles. The van der Waals surface area contributed by atoms with Gasteiger partial charge in [-0.05, 0) is 37.1 Å². The van der Waals surface area contributed by atoms with Crippen LogP contribution in [0.1, 0.15) is 23.4 Å². The molecule has 2 aliphatic rings. The lowest BCUT2D eigenvalue weighted by molar-refractivity contribution is -0.139. The third-order valence-corrected chi connectivity index (χ3v) is 4.93. The van der Waals surface area contributed by atoms with Crippen LogP contribution in [-0.2, 0) is 9.59 Å². The molecule has 2 aromatic rings. The topological polar surface area (TPSA) is 70.8 Å². The maximum Gasteiger partial charge on any atom is 0.295 e. The van der Waals surface area contributed by atoms with E-state index in [1.54, 1.807) is 36.4 Å². The van der Waals surface area contributed by atoms with Gasteiger partial charge in [-0.25, -0.2) is 0 Å². The SMILES string of the molecule is O=C1[C@H]2CC=CC[C@@H]2C(=O)N1CN(C(=O)c1ccco1)c1ccccc1. The van der Waals surface area contributed by atoms with Gasteiger partial charge in [0, 0.05) is 5.69 Å². The number of hydrogen-bond donors (Lipinski definition) is 0. The van der Waals surface area contributed by atoms with Crippen LogP contribution < -0.4 is 4.90 Å². The maximum absolute atomic E-state index is 12.9. The van der Waals surface area contributed by atoms with Crippen LogP contribution in [0.25, 0.3) is 0 Å². The number of nitrogens with zero attached hydrogens (tertiary/aromatic N) is 2. The highest BCUT2D eigenvalue weighted by Crippen LogP contribution is 2.35. The van der Waals surface area contributed by atoms with Gasteiger partial charge in [-0.1, -0.05) is 30.4 Å². The fourth-order valence-electron chi connectivity index (χ4n) is 3.55. The summed E-state index contributed by atoms with van der Waals surface area (Å²) in [5.41, 5.74) is 0.600. The molecule has 6 nitrogen and oxygen atoms in total. The van der Waals surface area contributed by atoms with Gasteiger partial charge < -0.3 is 4.42 Å². The van der Waals surface area contributed by atoms with E-state index in [1.165, 1.54) is 16.1 Å². The Kier molecular flexibility index (Phi) is 4.16. The number of carbonyl (C=O) groups is 3. The van der Waals surface area contributed by atoms with Crippen molar-refractivity contribution in [3.63, 3.8) is 0 Å². The second-order valence-corrected chi connectivity index (χ2v) is 6.45. The molecular formula is C20H18N2O4. The van der Waals surface area contributed by atoms with Gasteiger partial charge in [-0.15, -0.1) is 0 Å². The van der Waals surface area contributed by atoms with E-state index in [2.05, 4.69) is 0 Å². The van der Waals surface area contributed by atoms with Crippen molar-refractivity contribution < 1.29 is 18.8 Å². The maximum atomic E-state index is 12.9. The summed E-state index contributed by atoms with van der Waals surface area (Å²) in [6, 6.07) is 12.2. The second kappa shape index (κ2) is 6.63. The van der Waals surface area contributed by atoms with Gasteiger partial charge >= 0.3 is 0 Å². The molecule has 1 aliphatic heterocycles. The largest absolute Gasteiger partial charge is 0.459 e. The molecule has 1 aliphatic carbocycles. The minimum Gasteiger partial charge on any atom is -0.459 e. The number of amides is 3. The minimum atomic E-state index is -0.394. The lowest BCUT2D eigenvalue weighted by Crippen LogP contribution is -2.44. The van der Waals surface area contributed by atoms with Crippen LogP contribution in [0.15, 0.2) is 65.3 Å². The highest BCUT2D eigenvalue weighted by molar-refractivity contribution is 6.08. The third kappa shape index (κ3) is 2.73. The summed E-state index contributed by atoms with van der Waals surface area (Å²) in [6.07, 6.45) is 6.45. The summed E-state index contributed by atoms with van der Waals surface area (Å²) in [5.74, 6) is -1.29. The van der Waals surface area contributed by atoms with Gasteiger partial charge in [-0.3, -0.25) is 24.2 Å². The number of imide groups is 1. The Bertz CT molecular complexity index is 831. The summed E-state index contributed by atoms with van der Waals surface area (Å²) < 4.78 is 5.22. The van der Waals surface area contributed by atoms with Crippen molar-refractivity contribution in [3.8, 4) is 0 Å².